The van der Waals surface area contributed by atoms with Gasteiger partial charge in [0.15, 0.2) is 0 Å². The minimum atomic E-state index is -4.68. The molecule has 0 unspecified atom stereocenters. The van der Waals surface area contributed by atoms with Crippen molar-refractivity contribution < 1.29 is 18.1 Å². The zero-order chi connectivity index (χ0) is 22.1. The Morgan fingerprint density at radius 3 is 2.33 bits per heavy atom. The maximum atomic E-state index is 13.1. The van der Waals surface area contributed by atoms with Crippen molar-refractivity contribution >= 4 is 40.3 Å². The Balaban J connectivity index is 2.02. The summed E-state index contributed by atoms with van der Waals surface area (Å²) in [5, 5.41) is 16.7. The minimum Gasteiger partial charge on any atom is -0.334 e. The van der Waals surface area contributed by atoms with Crippen molar-refractivity contribution in [2.45, 2.75) is 20.0 Å². The predicted molar refractivity (Wildman–Crippen MR) is 108 cm³/mol. The molecular formula is C19H15ClF3N5O2. The highest BCUT2D eigenvalue weighted by Gasteiger charge is 2.33. The lowest BCUT2D eigenvalue weighted by Gasteiger charge is -2.14. The molecule has 1 heterocycles. The monoisotopic (exact) mass is 437 g/mol. The van der Waals surface area contributed by atoms with Gasteiger partial charge in [-0.2, -0.15) is 13.2 Å². The van der Waals surface area contributed by atoms with Gasteiger partial charge in [0.1, 0.15) is 6.33 Å². The van der Waals surface area contributed by atoms with Gasteiger partial charge in [-0.15, -0.1) is 0 Å². The fraction of sp³-hybridized carbons (Fsp3) is 0.158. The van der Waals surface area contributed by atoms with Crippen molar-refractivity contribution in [1.82, 2.24) is 9.97 Å². The lowest BCUT2D eigenvalue weighted by Crippen LogP contribution is -2.08. The van der Waals surface area contributed by atoms with Crippen LogP contribution in [0.3, 0.4) is 0 Å². The van der Waals surface area contributed by atoms with Crippen molar-refractivity contribution in [2.75, 3.05) is 10.6 Å². The van der Waals surface area contributed by atoms with Gasteiger partial charge in [-0.3, -0.25) is 10.1 Å². The largest absolute Gasteiger partial charge is 0.417 e. The van der Waals surface area contributed by atoms with Crippen molar-refractivity contribution in [3.05, 3.63) is 74.6 Å². The van der Waals surface area contributed by atoms with Crippen LogP contribution in [0, 0.1) is 24.0 Å². The molecule has 0 amide bonds. The zero-order valence-electron chi connectivity index (χ0n) is 15.7. The van der Waals surface area contributed by atoms with Gasteiger partial charge in [0.2, 0.25) is 11.6 Å². The molecule has 0 bridgehead atoms. The van der Waals surface area contributed by atoms with Crippen LogP contribution in [-0.2, 0) is 6.18 Å². The van der Waals surface area contributed by atoms with E-state index in [1.165, 1.54) is 6.07 Å². The standard InChI is InChI=1S/C19H15ClF3N5O2/c1-10-3-4-11(2)15(7-10)27-18-16(28(29)30)17(24-9-25-18)26-12-5-6-14(20)13(8-12)19(21,22)23/h3-9H,1-2H3,(H2,24,25,26,27). The third kappa shape index (κ3) is 4.60. The first-order chi connectivity index (χ1) is 14.1. The van der Waals surface area contributed by atoms with E-state index in [2.05, 4.69) is 20.6 Å². The molecule has 0 spiro atoms. The second-order valence-electron chi connectivity index (χ2n) is 6.44. The molecule has 0 saturated heterocycles. The average molecular weight is 438 g/mol. The normalized spacial score (nSPS) is 11.3. The number of benzene rings is 2. The fourth-order valence-corrected chi connectivity index (χ4v) is 2.91. The van der Waals surface area contributed by atoms with Crippen LogP contribution >= 0.6 is 11.6 Å². The predicted octanol–water partition coefficient (Wildman–Crippen LogP) is 6.16. The first kappa shape index (κ1) is 21.3. The summed E-state index contributed by atoms with van der Waals surface area (Å²) in [6.45, 7) is 3.69. The highest BCUT2D eigenvalue weighted by molar-refractivity contribution is 6.31. The smallest absolute Gasteiger partial charge is 0.334 e. The summed E-state index contributed by atoms with van der Waals surface area (Å²) < 4.78 is 39.3. The molecule has 0 saturated carbocycles. The van der Waals surface area contributed by atoms with Crippen LogP contribution < -0.4 is 10.6 Å². The van der Waals surface area contributed by atoms with Gasteiger partial charge in [0, 0.05) is 11.4 Å². The molecule has 30 heavy (non-hydrogen) atoms. The molecule has 0 aliphatic carbocycles. The average Bonchev–Trinajstić information content (AvgIpc) is 2.65. The second-order valence-corrected chi connectivity index (χ2v) is 6.84. The van der Waals surface area contributed by atoms with E-state index in [4.69, 9.17) is 11.6 Å². The maximum Gasteiger partial charge on any atom is 0.417 e. The van der Waals surface area contributed by atoms with Crippen molar-refractivity contribution in [2.24, 2.45) is 0 Å². The van der Waals surface area contributed by atoms with Crippen molar-refractivity contribution in [3.63, 3.8) is 0 Å². The summed E-state index contributed by atoms with van der Waals surface area (Å²) in [6.07, 6.45) is -3.61. The molecule has 2 aromatic carbocycles. The van der Waals surface area contributed by atoms with Gasteiger partial charge in [-0.05, 0) is 49.2 Å². The number of alkyl halides is 3. The number of nitrogens with zero attached hydrogens (tertiary/aromatic N) is 3. The number of hydrogen-bond acceptors (Lipinski definition) is 6. The second kappa shape index (κ2) is 8.15. The van der Waals surface area contributed by atoms with Crippen LogP contribution in [-0.4, -0.2) is 14.9 Å². The number of aromatic nitrogens is 2. The minimum absolute atomic E-state index is 0.0637. The van der Waals surface area contributed by atoms with Gasteiger partial charge >= 0.3 is 11.9 Å². The third-order valence-corrected chi connectivity index (χ3v) is 4.52. The lowest BCUT2D eigenvalue weighted by molar-refractivity contribution is -0.383. The molecule has 11 heteroatoms. The SMILES string of the molecule is Cc1ccc(C)c(Nc2ncnc(Nc3ccc(Cl)c(C(F)(F)F)c3)c2[N+](=O)[O-])c1. The third-order valence-electron chi connectivity index (χ3n) is 4.19. The van der Waals surface area contributed by atoms with E-state index < -0.39 is 27.4 Å². The number of hydrogen-bond donors (Lipinski definition) is 2. The molecular weight excluding hydrogens is 423 g/mol. The van der Waals surface area contributed by atoms with E-state index in [1.54, 1.807) is 6.07 Å². The molecule has 0 fully saturated rings. The van der Waals surface area contributed by atoms with E-state index in [0.717, 1.165) is 29.6 Å². The molecule has 3 rings (SSSR count). The molecule has 0 aliphatic rings. The quantitative estimate of drug-likeness (QED) is 0.366. The van der Waals surface area contributed by atoms with E-state index >= 15 is 0 Å². The number of anilines is 4. The molecule has 7 nitrogen and oxygen atoms in total. The van der Waals surface area contributed by atoms with Crippen LogP contribution in [0.4, 0.5) is 41.9 Å². The Bertz CT molecular complexity index is 1120. The highest BCUT2D eigenvalue weighted by atomic mass is 35.5. The first-order valence-corrected chi connectivity index (χ1v) is 8.91. The Labute approximate surface area is 174 Å². The van der Waals surface area contributed by atoms with Crippen LogP contribution in [0.1, 0.15) is 16.7 Å². The summed E-state index contributed by atoms with van der Waals surface area (Å²) in [5.41, 5.74) is 0.718. The molecule has 0 aliphatic heterocycles. The Morgan fingerprint density at radius 2 is 1.70 bits per heavy atom. The van der Waals surface area contributed by atoms with Crippen LogP contribution in [0.5, 0.6) is 0 Å². The first-order valence-electron chi connectivity index (χ1n) is 8.53. The Hall–Kier alpha value is -3.40. The van der Waals surface area contributed by atoms with Crippen LogP contribution in [0.2, 0.25) is 5.02 Å². The topological polar surface area (TPSA) is 93.0 Å². The summed E-state index contributed by atoms with van der Waals surface area (Å²) in [5.74, 6) is -0.366. The Kier molecular flexibility index (Phi) is 5.79. The van der Waals surface area contributed by atoms with Crippen molar-refractivity contribution in [3.8, 4) is 0 Å². The van der Waals surface area contributed by atoms with Gasteiger partial charge in [-0.1, -0.05) is 23.7 Å². The lowest BCUT2D eigenvalue weighted by atomic mass is 10.1. The summed E-state index contributed by atoms with van der Waals surface area (Å²) in [7, 11) is 0. The van der Waals surface area contributed by atoms with Gasteiger partial charge in [0.25, 0.3) is 0 Å². The van der Waals surface area contributed by atoms with Crippen molar-refractivity contribution in [1.29, 1.82) is 0 Å². The maximum absolute atomic E-state index is 13.1. The number of halogens is 4. The van der Waals surface area contributed by atoms with E-state index in [9.17, 15) is 23.3 Å². The number of rotatable bonds is 5. The summed E-state index contributed by atoms with van der Waals surface area (Å²) in [4.78, 5) is 18.8. The Morgan fingerprint density at radius 1 is 1.03 bits per heavy atom. The molecule has 1 aromatic heterocycles. The van der Waals surface area contributed by atoms with E-state index in [0.29, 0.717) is 5.69 Å². The summed E-state index contributed by atoms with van der Waals surface area (Å²) >= 11 is 5.62. The van der Waals surface area contributed by atoms with Crippen LogP contribution in [0.15, 0.2) is 42.7 Å². The number of aryl methyl sites for hydroxylation is 2. The highest BCUT2D eigenvalue weighted by Crippen LogP contribution is 2.38. The summed E-state index contributed by atoms with van der Waals surface area (Å²) in [6, 6.07) is 8.60. The van der Waals surface area contributed by atoms with Gasteiger partial charge in [-0.25, -0.2) is 9.97 Å². The van der Waals surface area contributed by atoms with Crippen LogP contribution in [0.25, 0.3) is 0 Å². The molecule has 2 N–H and O–H groups in total. The van der Waals surface area contributed by atoms with E-state index in [1.807, 2.05) is 26.0 Å². The number of nitro groups is 1. The number of nitrogens with one attached hydrogen (secondary N) is 2. The molecule has 3 aromatic rings. The molecule has 0 atom stereocenters. The molecule has 0 radical (unpaired) electrons. The zero-order valence-corrected chi connectivity index (χ0v) is 16.5. The molecule has 156 valence electrons. The van der Waals surface area contributed by atoms with Gasteiger partial charge < -0.3 is 10.6 Å². The van der Waals surface area contributed by atoms with E-state index in [-0.39, 0.29) is 17.3 Å². The van der Waals surface area contributed by atoms with Gasteiger partial charge in [0.05, 0.1) is 15.5 Å². The fourth-order valence-electron chi connectivity index (χ4n) is 2.69.